The summed E-state index contributed by atoms with van der Waals surface area (Å²) in [6.45, 7) is 7.60. The highest BCUT2D eigenvalue weighted by Crippen LogP contribution is 2.20. The van der Waals surface area contributed by atoms with E-state index in [0.717, 1.165) is 45.0 Å². The fourth-order valence-electron chi connectivity index (χ4n) is 2.16. The van der Waals surface area contributed by atoms with Gasteiger partial charge in [-0.15, -0.1) is 0 Å². The second-order valence-corrected chi connectivity index (χ2v) is 5.21. The highest BCUT2D eigenvalue weighted by atomic mass is 35.5. The van der Waals surface area contributed by atoms with Crippen molar-refractivity contribution in [2.24, 2.45) is 0 Å². The average Bonchev–Trinajstić information content (AvgIpc) is 2.43. The first-order valence-corrected chi connectivity index (χ1v) is 7.03. The molecule has 1 aliphatic rings. The molecule has 19 heavy (non-hydrogen) atoms. The molecule has 1 unspecified atom stereocenters. The summed E-state index contributed by atoms with van der Waals surface area (Å²) in [5.74, 6) is -0.370. The number of hydrogen-bond donors (Lipinski definition) is 1. The first kappa shape index (κ1) is 14.7. The molecule has 1 aliphatic heterocycles. The zero-order valence-electron chi connectivity index (χ0n) is 11.2. The van der Waals surface area contributed by atoms with E-state index in [1.165, 1.54) is 6.07 Å². The lowest BCUT2D eigenvalue weighted by Crippen LogP contribution is -2.40. The number of ether oxygens (including phenoxy) is 1. The molecule has 1 aromatic carbocycles. The number of morpholine rings is 1. The number of halogens is 2. The number of benzene rings is 1. The molecule has 1 saturated heterocycles. The number of hydrogen-bond acceptors (Lipinski definition) is 3. The van der Waals surface area contributed by atoms with Crippen LogP contribution in [0, 0.1) is 5.82 Å². The van der Waals surface area contributed by atoms with Crippen LogP contribution in [0.1, 0.15) is 18.5 Å². The highest BCUT2D eigenvalue weighted by molar-refractivity contribution is 6.30. The molecule has 0 bridgehead atoms. The molecule has 0 saturated carbocycles. The third kappa shape index (κ3) is 4.42. The lowest BCUT2D eigenvalue weighted by Gasteiger charge is -2.27. The molecular formula is C14H20ClFN2O. The topological polar surface area (TPSA) is 24.5 Å². The summed E-state index contributed by atoms with van der Waals surface area (Å²) in [5, 5.41) is 3.61. The molecule has 1 aromatic rings. The predicted molar refractivity (Wildman–Crippen MR) is 75.1 cm³/mol. The van der Waals surface area contributed by atoms with Crippen LogP contribution in [0.2, 0.25) is 5.02 Å². The van der Waals surface area contributed by atoms with Gasteiger partial charge in [-0.2, -0.15) is 0 Å². The van der Waals surface area contributed by atoms with Crippen LogP contribution >= 0.6 is 11.6 Å². The molecular weight excluding hydrogens is 267 g/mol. The number of nitrogens with zero attached hydrogens (tertiary/aromatic N) is 1. The van der Waals surface area contributed by atoms with Crippen molar-refractivity contribution in [2.45, 2.75) is 13.0 Å². The van der Waals surface area contributed by atoms with Crippen molar-refractivity contribution >= 4 is 11.6 Å². The standard InChI is InChI=1S/C14H20ClFN2O/c1-11(12-2-3-14(16)13(15)10-12)17-4-5-18-6-8-19-9-7-18/h2-3,10-11,17H,4-9H2,1H3. The van der Waals surface area contributed by atoms with Gasteiger partial charge in [0.25, 0.3) is 0 Å². The molecule has 1 heterocycles. The molecule has 0 amide bonds. The van der Waals surface area contributed by atoms with E-state index >= 15 is 0 Å². The van der Waals surface area contributed by atoms with E-state index < -0.39 is 0 Å². The van der Waals surface area contributed by atoms with Gasteiger partial charge < -0.3 is 10.1 Å². The van der Waals surface area contributed by atoms with Gasteiger partial charge in [0.2, 0.25) is 0 Å². The van der Waals surface area contributed by atoms with Crippen molar-refractivity contribution in [3.05, 3.63) is 34.6 Å². The van der Waals surface area contributed by atoms with Gasteiger partial charge in [0.1, 0.15) is 5.82 Å². The van der Waals surface area contributed by atoms with Crippen molar-refractivity contribution in [1.29, 1.82) is 0 Å². The SMILES string of the molecule is CC(NCCN1CCOCC1)c1ccc(F)c(Cl)c1. The number of rotatable bonds is 5. The quantitative estimate of drug-likeness (QED) is 0.900. The smallest absolute Gasteiger partial charge is 0.141 e. The highest BCUT2D eigenvalue weighted by Gasteiger charge is 2.11. The summed E-state index contributed by atoms with van der Waals surface area (Å²) in [6.07, 6.45) is 0. The van der Waals surface area contributed by atoms with Gasteiger partial charge in [-0.05, 0) is 24.6 Å². The van der Waals surface area contributed by atoms with Gasteiger partial charge in [-0.3, -0.25) is 4.90 Å². The molecule has 3 nitrogen and oxygen atoms in total. The van der Waals surface area contributed by atoms with Crippen molar-refractivity contribution in [3.8, 4) is 0 Å². The van der Waals surface area contributed by atoms with Gasteiger partial charge in [-0.25, -0.2) is 4.39 Å². The fourth-order valence-corrected chi connectivity index (χ4v) is 2.35. The van der Waals surface area contributed by atoms with Crippen molar-refractivity contribution in [3.63, 3.8) is 0 Å². The molecule has 5 heteroatoms. The molecule has 0 spiro atoms. The summed E-state index contributed by atoms with van der Waals surface area (Å²) in [7, 11) is 0. The Balaban J connectivity index is 1.76. The molecule has 1 N–H and O–H groups in total. The zero-order chi connectivity index (χ0) is 13.7. The lowest BCUT2D eigenvalue weighted by molar-refractivity contribution is 0.0382. The molecule has 106 valence electrons. The largest absolute Gasteiger partial charge is 0.379 e. The van der Waals surface area contributed by atoms with Gasteiger partial charge in [0.15, 0.2) is 0 Å². The van der Waals surface area contributed by atoms with Crippen LogP contribution in [0.3, 0.4) is 0 Å². The Hall–Kier alpha value is -0.680. The van der Waals surface area contributed by atoms with E-state index in [1.807, 2.05) is 0 Å². The first-order valence-electron chi connectivity index (χ1n) is 6.65. The van der Waals surface area contributed by atoms with Gasteiger partial charge >= 0.3 is 0 Å². The maximum atomic E-state index is 13.1. The van der Waals surface area contributed by atoms with Gasteiger partial charge in [0.05, 0.1) is 18.2 Å². The van der Waals surface area contributed by atoms with E-state index in [0.29, 0.717) is 0 Å². The van der Waals surface area contributed by atoms with Crippen LogP contribution in [0.15, 0.2) is 18.2 Å². The Morgan fingerprint density at radius 3 is 2.84 bits per heavy atom. The second kappa shape index (κ2) is 7.20. The summed E-state index contributed by atoms with van der Waals surface area (Å²) in [5.41, 5.74) is 1.01. The van der Waals surface area contributed by atoms with Crippen LogP contribution in [-0.2, 0) is 4.74 Å². The summed E-state index contributed by atoms with van der Waals surface area (Å²) in [4.78, 5) is 2.38. The third-order valence-corrected chi connectivity index (χ3v) is 3.72. The summed E-state index contributed by atoms with van der Waals surface area (Å²) >= 11 is 5.79. The normalized spacial score (nSPS) is 18.5. The fraction of sp³-hybridized carbons (Fsp3) is 0.571. The second-order valence-electron chi connectivity index (χ2n) is 4.80. The monoisotopic (exact) mass is 286 g/mol. The van der Waals surface area contributed by atoms with Crippen LogP contribution in [-0.4, -0.2) is 44.3 Å². The van der Waals surface area contributed by atoms with Crippen molar-refractivity contribution in [2.75, 3.05) is 39.4 Å². The average molecular weight is 287 g/mol. The molecule has 0 radical (unpaired) electrons. The van der Waals surface area contributed by atoms with E-state index in [1.54, 1.807) is 12.1 Å². The Morgan fingerprint density at radius 2 is 2.16 bits per heavy atom. The maximum Gasteiger partial charge on any atom is 0.141 e. The number of nitrogens with one attached hydrogen (secondary N) is 1. The first-order chi connectivity index (χ1) is 9.16. The Kier molecular flexibility index (Phi) is 5.58. The minimum Gasteiger partial charge on any atom is -0.379 e. The Morgan fingerprint density at radius 1 is 1.42 bits per heavy atom. The van der Waals surface area contributed by atoms with Crippen LogP contribution in [0.25, 0.3) is 0 Å². The molecule has 1 atom stereocenters. The minimum atomic E-state index is -0.370. The summed E-state index contributed by atoms with van der Waals surface area (Å²) < 4.78 is 18.4. The van der Waals surface area contributed by atoms with E-state index in [-0.39, 0.29) is 16.9 Å². The maximum absolute atomic E-state index is 13.1. The lowest BCUT2D eigenvalue weighted by atomic mass is 10.1. The van der Waals surface area contributed by atoms with Crippen LogP contribution in [0.5, 0.6) is 0 Å². The van der Waals surface area contributed by atoms with Crippen molar-refractivity contribution in [1.82, 2.24) is 10.2 Å². The van der Waals surface area contributed by atoms with Crippen LogP contribution in [0.4, 0.5) is 4.39 Å². The van der Waals surface area contributed by atoms with Gasteiger partial charge in [0, 0.05) is 32.2 Å². The zero-order valence-corrected chi connectivity index (χ0v) is 11.9. The van der Waals surface area contributed by atoms with E-state index in [9.17, 15) is 4.39 Å². The molecule has 1 fully saturated rings. The molecule has 2 rings (SSSR count). The Labute approximate surface area is 118 Å². The summed E-state index contributed by atoms with van der Waals surface area (Å²) in [6, 6.07) is 5.04. The Bertz CT molecular complexity index is 410. The minimum absolute atomic E-state index is 0.166. The predicted octanol–water partition coefficient (Wildman–Crippen LogP) is 2.46. The van der Waals surface area contributed by atoms with E-state index in [2.05, 4.69) is 17.1 Å². The van der Waals surface area contributed by atoms with E-state index in [4.69, 9.17) is 16.3 Å². The van der Waals surface area contributed by atoms with Crippen LogP contribution < -0.4 is 5.32 Å². The third-order valence-electron chi connectivity index (χ3n) is 3.43. The molecule has 0 aliphatic carbocycles. The van der Waals surface area contributed by atoms with Crippen molar-refractivity contribution < 1.29 is 9.13 Å². The van der Waals surface area contributed by atoms with Gasteiger partial charge in [-0.1, -0.05) is 17.7 Å². The molecule has 0 aromatic heterocycles.